The fourth-order valence-corrected chi connectivity index (χ4v) is 7.33. The molecule has 1 N–H and O–H groups in total. The summed E-state index contributed by atoms with van der Waals surface area (Å²) >= 11 is 0. The molecule has 2 atom stereocenters. The largest absolute Gasteiger partial charge is 0.341 e. The standard InChI is InChI=1S/C21H30N2O3S/c1-16-4-6-19(7-5-16)27(25,26)21(10-2-3-11-21)20(24)23-12-8-17-14-22-15-18(17)9-13-23/h4-7,17-18,22H,2-3,8-15H2,1H3/t17-,18+. The van der Waals surface area contributed by atoms with Gasteiger partial charge in [0.25, 0.3) is 0 Å². The number of carbonyl (C=O) groups is 1. The minimum absolute atomic E-state index is 0.145. The van der Waals surface area contributed by atoms with Crippen molar-refractivity contribution in [1.29, 1.82) is 0 Å². The zero-order valence-corrected chi connectivity index (χ0v) is 16.9. The van der Waals surface area contributed by atoms with E-state index in [-0.39, 0.29) is 5.91 Å². The van der Waals surface area contributed by atoms with Crippen LogP contribution < -0.4 is 5.32 Å². The van der Waals surface area contributed by atoms with Gasteiger partial charge in [0.05, 0.1) is 4.90 Å². The van der Waals surface area contributed by atoms with E-state index in [2.05, 4.69) is 5.32 Å². The maximum atomic E-state index is 13.6. The van der Waals surface area contributed by atoms with Gasteiger partial charge in [0, 0.05) is 13.1 Å². The SMILES string of the molecule is Cc1ccc(S(=O)(=O)C2(C(=O)N3CC[C@@H]4CNC[C@@H]4CC3)CCCC2)cc1. The Balaban J connectivity index is 1.63. The molecule has 2 aliphatic heterocycles. The van der Waals surface area contributed by atoms with E-state index >= 15 is 0 Å². The van der Waals surface area contributed by atoms with Crippen LogP contribution in [0.1, 0.15) is 44.1 Å². The lowest BCUT2D eigenvalue weighted by Gasteiger charge is -2.33. The molecule has 0 radical (unpaired) electrons. The molecule has 3 fully saturated rings. The van der Waals surface area contributed by atoms with Crippen molar-refractivity contribution < 1.29 is 13.2 Å². The molecule has 0 spiro atoms. The molecule has 6 heteroatoms. The van der Waals surface area contributed by atoms with Gasteiger partial charge in [-0.1, -0.05) is 30.5 Å². The molecule has 148 valence electrons. The third kappa shape index (κ3) is 3.21. The number of carbonyl (C=O) groups excluding carboxylic acids is 1. The van der Waals surface area contributed by atoms with Crippen LogP contribution in [0.5, 0.6) is 0 Å². The second-order valence-electron chi connectivity index (χ2n) is 8.57. The van der Waals surface area contributed by atoms with Crippen LogP contribution in [0.25, 0.3) is 0 Å². The van der Waals surface area contributed by atoms with E-state index in [4.69, 9.17) is 0 Å². The Bertz CT molecular complexity index is 783. The average molecular weight is 391 g/mol. The first-order valence-corrected chi connectivity index (χ1v) is 11.7. The van der Waals surface area contributed by atoms with Crippen molar-refractivity contribution in [2.45, 2.75) is 55.1 Å². The van der Waals surface area contributed by atoms with Crippen LogP contribution in [0.4, 0.5) is 0 Å². The van der Waals surface area contributed by atoms with Crippen LogP contribution in [0.2, 0.25) is 0 Å². The summed E-state index contributed by atoms with van der Waals surface area (Å²) in [5.74, 6) is 1.10. The van der Waals surface area contributed by atoms with E-state index in [1.807, 2.05) is 24.0 Å². The number of aryl methyl sites for hydroxylation is 1. The highest BCUT2D eigenvalue weighted by molar-refractivity contribution is 7.93. The van der Waals surface area contributed by atoms with Gasteiger partial charge in [-0.2, -0.15) is 0 Å². The Labute approximate surface area is 162 Å². The first-order chi connectivity index (χ1) is 12.9. The highest BCUT2D eigenvalue weighted by atomic mass is 32.2. The average Bonchev–Trinajstić information content (AvgIpc) is 3.29. The van der Waals surface area contributed by atoms with E-state index in [0.29, 0.717) is 42.7 Å². The second kappa shape index (κ2) is 7.21. The van der Waals surface area contributed by atoms with Gasteiger partial charge in [-0.25, -0.2) is 8.42 Å². The first-order valence-electron chi connectivity index (χ1n) is 10.3. The summed E-state index contributed by atoms with van der Waals surface area (Å²) in [5, 5.41) is 3.45. The number of nitrogens with one attached hydrogen (secondary N) is 1. The second-order valence-corrected chi connectivity index (χ2v) is 10.8. The van der Waals surface area contributed by atoms with Crippen molar-refractivity contribution >= 4 is 15.7 Å². The zero-order chi connectivity index (χ0) is 19.1. The van der Waals surface area contributed by atoms with Gasteiger partial charge < -0.3 is 10.2 Å². The summed E-state index contributed by atoms with van der Waals surface area (Å²) in [4.78, 5) is 15.8. The number of amides is 1. The van der Waals surface area contributed by atoms with Crippen LogP contribution in [0.15, 0.2) is 29.2 Å². The third-order valence-corrected chi connectivity index (χ3v) is 9.46. The van der Waals surface area contributed by atoms with Crippen LogP contribution in [-0.4, -0.2) is 50.2 Å². The minimum Gasteiger partial charge on any atom is -0.341 e. The molecular formula is C21H30N2O3S. The number of fused-ring (bicyclic) bond motifs is 1. The highest BCUT2D eigenvalue weighted by Crippen LogP contribution is 2.42. The minimum atomic E-state index is -3.70. The molecule has 1 aromatic carbocycles. The molecule has 0 aromatic heterocycles. The predicted octanol–water partition coefficient (Wildman–Crippen LogP) is 2.54. The fourth-order valence-electron chi connectivity index (χ4n) is 5.20. The van der Waals surface area contributed by atoms with E-state index in [1.54, 1.807) is 12.1 Å². The van der Waals surface area contributed by atoms with Crippen LogP contribution >= 0.6 is 0 Å². The van der Waals surface area contributed by atoms with Crippen molar-refractivity contribution in [2.75, 3.05) is 26.2 Å². The third-order valence-electron chi connectivity index (χ3n) is 6.95. The molecule has 2 saturated heterocycles. The van der Waals surface area contributed by atoms with Crippen molar-refractivity contribution in [2.24, 2.45) is 11.8 Å². The molecule has 5 nitrogen and oxygen atoms in total. The van der Waals surface area contributed by atoms with E-state index in [9.17, 15) is 13.2 Å². The van der Waals surface area contributed by atoms with Crippen molar-refractivity contribution in [3.05, 3.63) is 29.8 Å². The Kier molecular flexibility index (Phi) is 5.06. The molecule has 1 saturated carbocycles. The van der Waals surface area contributed by atoms with Crippen molar-refractivity contribution in [3.8, 4) is 0 Å². The maximum Gasteiger partial charge on any atom is 0.244 e. The van der Waals surface area contributed by atoms with Gasteiger partial charge in [-0.3, -0.25) is 4.79 Å². The number of sulfone groups is 1. The number of rotatable bonds is 3. The number of hydrogen-bond acceptors (Lipinski definition) is 4. The Hall–Kier alpha value is -1.40. The normalized spacial score (nSPS) is 28.0. The van der Waals surface area contributed by atoms with Gasteiger partial charge in [0.15, 0.2) is 14.6 Å². The van der Waals surface area contributed by atoms with Crippen LogP contribution in [-0.2, 0) is 14.6 Å². The zero-order valence-electron chi connectivity index (χ0n) is 16.1. The predicted molar refractivity (Wildman–Crippen MR) is 105 cm³/mol. The van der Waals surface area contributed by atoms with Gasteiger partial charge >= 0.3 is 0 Å². The number of nitrogens with zero attached hydrogens (tertiary/aromatic N) is 1. The summed E-state index contributed by atoms with van der Waals surface area (Å²) in [7, 11) is -3.70. The summed E-state index contributed by atoms with van der Waals surface area (Å²) in [6.07, 6.45) is 4.47. The molecule has 1 aromatic rings. The van der Waals surface area contributed by atoms with E-state index < -0.39 is 14.6 Å². The van der Waals surface area contributed by atoms with Gasteiger partial charge in [-0.05, 0) is 69.7 Å². The number of benzene rings is 1. The lowest BCUT2D eigenvalue weighted by atomic mass is 9.92. The summed E-state index contributed by atoms with van der Waals surface area (Å²) in [6, 6.07) is 6.97. The Morgan fingerprint density at radius 1 is 1.04 bits per heavy atom. The summed E-state index contributed by atoms with van der Waals surface area (Å²) < 4.78 is 25.9. The summed E-state index contributed by atoms with van der Waals surface area (Å²) in [5.41, 5.74) is 1.02. The maximum absolute atomic E-state index is 13.6. The molecule has 0 unspecified atom stereocenters. The smallest absolute Gasteiger partial charge is 0.244 e. The van der Waals surface area contributed by atoms with Gasteiger partial charge in [-0.15, -0.1) is 0 Å². The van der Waals surface area contributed by atoms with Gasteiger partial charge in [0.2, 0.25) is 5.91 Å². The summed E-state index contributed by atoms with van der Waals surface area (Å²) in [6.45, 7) is 5.37. The molecule has 2 heterocycles. The first kappa shape index (κ1) is 18.9. The topological polar surface area (TPSA) is 66.5 Å². The molecule has 1 amide bonds. The van der Waals surface area contributed by atoms with E-state index in [0.717, 1.165) is 44.3 Å². The lowest BCUT2D eigenvalue weighted by Crippen LogP contribution is -2.52. The van der Waals surface area contributed by atoms with Crippen molar-refractivity contribution in [1.82, 2.24) is 10.2 Å². The lowest BCUT2D eigenvalue weighted by molar-refractivity contribution is -0.133. The molecule has 3 aliphatic rings. The molecule has 1 aliphatic carbocycles. The Morgan fingerprint density at radius 3 is 2.15 bits per heavy atom. The number of likely N-dealkylation sites (tertiary alicyclic amines) is 1. The quantitative estimate of drug-likeness (QED) is 0.861. The fraction of sp³-hybridized carbons (Fsp3) is 0.667. The van der Waals surface area contributed by atoms with E-state index in [1.165, 1.54) is 0 Å². The number of hydrogen-bond donors (Lipinski definition) is 1. The van der Waals surface area contributed by atoms with Crippen molar-refractivity contribution in [3.63, 3.8) is 0 Å². The highest BCUT2D eigenvalue weighted by Gasteiger charge is 2.54. The monoisotopic (exact) mass is 390 g/mol. The van der Waals surface area contributed by atoms with Gasteiger partial charge in [0.1, 0.15) is 0 Å². The molecule has 4 rings (SSSR count). The molecule has 0 bridgehead atoms. The molecular weight excluding hydrogens is 360 g/mol. The van der Waals surface area contributed by atoms with Crippen LogP contribution in [0, 0.1) is 18.8 Å². The Morgan fingerprint density at radius 2 is 1.59 bits per heavy atom. The van der Waals surface area contributed by atoms with Crippen LogP contribution in [0.3, 0.4) is 0 Å². The molecule has 27 heavy (non-hydrogen) atoms.